The molecule has 0 saturated carbocycles. The fourth-order valence-electron chi connectivity index (χ4n) is 10.4. The van der Waals surface area contributed by atoms with Gasteiger partial charge in [-0.05, 0) is 136 Å². The quantitative estimate of drug-likeness (QED) is 0.0208. The minimum atomic E-state index is -1.07. The van der Waals surface area contributed by atoms with Crippen molar-refractivity contribution in [3.63, 3.8) is 0 Å². The van der Waals surface area contributed by atoms with Crippen molar-refractivity contribution in [3.8, 4) is 11.5 Å². The maximum atomic E-state index is 15.1. The SMILES string of the molecule is CC(C)(C)NC(=O)[C@@H]1CN(Cc2cccnc2)CCN1C[C@H](C[C@@H](Cc1ccccc1)C(=O)N[C@H]1c2ccccc2C[C@H]1OC(=O)CCCCOc1ccc(C[C@H](N)C(=O)O)cc1)OC(=O)CCCCOc1ccc(C[C@H](N)C(=O)O)cc1. The average Bonchev–Trinajstić information content (AvgIpc) is 3.94. The van der Waals surface area contributed by atoms with Crippen molar-refractivity contribution in [3.05, 3.63) is 161 Å². The number of esters is 2. The van der Waals surface area contributed by atoms with E-state index in [0.29, 0.717) is 89.4 Å². The van der Waals surface area contributed by atoms with Crippen LogP contribution in [0.4, 0.5) is 0 Å². The van der Waals surface area contributed by atoms with Crippen LogP contribution in [-0.2, 0) is 70.5 Å². The second-order valence-electron chi connectivity index (χ2n) is 22.7. The molecule has 2 amide bonds. The van der Waals surface area contributed by atoms with Crippen LogP contribution in [0.3, 0.4) is 0 Å². The highest BCUT2D eigenvalue weighted by molar-refractivity contribution is 5.83. The molecular formula is C64H81N7O12. The molecule has 7 rings (SSSR count). The van der Waals surface area contributed by atoms with Gasteiger partial charge < -0.3 is 51.3 Å². The smallest absolute Gasteiger partial charge is 0.320 e. The first-order chi connectivity index (χ1) is 39.8. The number of piperazine rings is 1. The number of aromatic nitrogens is 1. The number of ether oxygens (including phenoxy) is 4. The molecule has 0 radical (unpaired) electrons. The standard InChI is InChI=1S/C64H81N7O12/c1-64(2,3)69-61(75)55-42-70(40-46-16-13-29-67-39-46)30-31-71(55)41-51(82-57(72)19-9-11-32-80-49-25-21-44(22-26-49)35-53(65)62(76)77)37-48(34-43-14-5-4-6-15-43)60(74)68-59-52-18-8-7-17-47(52)38-56(59)83-58(73)20-10-12-33-81-50-27-23-45(24-28-50)36-54(66)63(78)79/h4-8,13-18,21-29,39,48,51,53-56,59H,9-12,19-20,30-38,40-42,65-66H2,1-3H3,(H,68,74)(H,69,75)(H,76,77)(H,78,79)/t48-,51+,53+,54+,55+,56-,59+/m1/s1. The Morgan fingerprint density at radius 3 is 1.86 bits per heavy atom. The van der Waals surface area contributed by atoms with Gasteiger partial charge in [0.25, 0.3) is 0 Å². The third kappa shape index (κ3) is 20.6. The molecule has 2 aliphatic rings. The average molecular weight is 1140 g/mol. The number of nitrogens with two attached hydrogens (primary N) is 2. The lowest BCUT2D eigenvalue weighted by molar-refractivity contribution is -0.153. The van der Waals surface area contributed by atoms with Crippen LogP contribution < -0.4 is 31.6 Å². The minimum Gasteiger partial charge on any atom is -0.494 e. The van der Waals surface area contributed by atoms with Gasteiger partial charge in [0.15, 0.2) is 0 Å². The lowest BCUT2D eigenvalue weighted by Gasteiger charge is -2.42. The second-order valence-corrected chi connectivity index (χ2v) is 22.7. The van der Waals surface area contributed by atoms with Crippen LogP contribution in [0.5, 0.6) is 11.5 Å². The third-order valence-corrected chi connectivity index (χ3v) is 14.7. The maximum absolute atomic E-state index is 15.1. The molecule has 2 heterocycles. The Morgan fingerprint density at radius 1 is 0.687 bits per heavy atom. The summed E-state index contributed by atoms with van der Waals surface area (Å²) in [6.07, 6.45) is 5.52. The van der Waals surface area contributed by atoms with E-state index < -0.39 is 71.7 Å². The largest absolute Gasteiger partial charge is 0.494 e. The first kappa shape index (κ1) is 62.9. The second kappa shape index (κ2) is 31.1. The van der Waals surface area contributed by atoms with Gasteiger partial charge in [-0.25, -0.2) is 0 Å². The Labute approximate surface area is 486 Å². The van der Waals surface area contributed by atoms with Crippen LogP contribution in [0.25, 0.3) is 0 Å². The van der Waals surface area contributed by atoms with Crippen molar-refractivity contribution in [2.24, 2.45) is 17.4 Å². The maximum Gasteiger partial charge on any atom is 0.320 e. The molecule has 0 unspecified atom stereocenters. The fourth-order valence-corrected chi connectivity index (χ4v) is 10.4. The number of hydrogen-bond acceptors (Lipinski definition) is 15. The van der Waals surface area contributed by atoms with Gasteiger partial charge in [0, 0.05) is 75.8 Å². The summed E-state index contributed by atoms with van der Waals surface area (Å²) in [5.74, 6) is -2.97. The predicted octanol–water partition coefficient (Wildman–Crippen LogP) is 6.38. The molecule has 1 aliphatic carbocycles. The Hall–Kier alpha value is -7.71. The van der Waals surface area contributed by atoms with Crippen LogP contribution >= 0.6 is 0 Å². The Bertz CT molecular complexity index is 2890. The van der Waals surface area contributed by atoms with Crippen LogP contribution in [0, 0.1) is 5.92 Å². The van der Waals surface area contributed by atoms with Crippen molar-refractivity contribution in [2.45, 2.75) is 140 Å². The summed E-state index contributed by atoms with van der Waals surface area (Å²) < 4.78 is 24.5. The van der Waals surface area contributed by atoms with Crippen LogP contribution in [0.15, 0.2) is 128 Å². The van der Waals surface area contributed by atoms with E-state index in [-0.39, 0.29) is 50.5 Å². The molecule has 1 aromatic heterocycles. The summed E-state index contributed by atoms with van der Waals surface area (Å²) >= 11 is 0. The monoisotopic (exact) mass is 1140 g/mol. The van der Waals surface area contributed by atoms with E-state index in [1.165, 1.54) is 0 Å². The first-order valence-corrected chi connectivity index (χ1v) is 28.7. The molecule has 83 heavy (non-hydrogen) atoms. The highest BCUT2D eigenvalue weighted by Gasteiger charge is 2.40. The summed E-state index contributed by atoms with van der Waals surface area (Å²) in [6, 6.07) is 32.1. The van der Waals surface area contributed by atoms with E-state index in [4.69, 9.17) is 35.5 Å². The van der Waals surface area contributed by atoms with Gasteiger partial charge >= 0.3 is 23.9 Å². The van der Waals surface area contributed by atoms with Crippen molar-refractivity contribution in [1.82, 2.24) is 25.4 Å². The van der Waals surface area contributed by atoms with Gasteiger partial charge in [0.05, 0.1) is 19.3 Å². The van der Waals surface area contributed by atoms with Gasteiger partial charge in [-0.3, -0.25) is 43.6 Å². The zero-order valence-corrected chi connectivity index (χ0v) is 47.9. The number of nitrogens with zero attached hydrogens (tertiary/aromatic N) is 3. The zero-order chi connectivity index (χ0) is 59.3. The van der Waals surface area contributed by atoms with E-state index >= 15 is 4.79 Å². The van der Waals surface area contributed by atoms with Crippen LogP contribution in [0.2, 0.25) is 0 Å². The molecule has 4 aromatic carbocycles. The normalized spacial score (nSPS) is 17.7. The first-order valence-electron chi connectivity index (χ1n) is 28.7. The number of rotatable bonds is 31. The molecule has 1 fully saturated rings. The van der Waals surface area contributed by atoms with E-state index in [1.807, 2.05) is 93.7 Å². The molecule has 0 spiro atoms. The summed E-state index contributed by atoms with van der Waals surface area (Å²) in [5.41, 5.74) is 16.1. The number of hydrogen-bond donors (Lipinski definition) is 6. The number of fused-ring (bicyclic) bond motifs is 1. The summed E-state index contributed by atoms with van der Waals surface area (Å²) in [7, 11) is 0. The van der Waals surface area contributed by atoms with Gasteiger partial charge in [-0.15, -0.1) is 0 Å². The van der Waals surface area contributed by atoms with Crippen molar-refractivity contribution < 1.29 is 57.9 Å². The molecule has 1 aliphatic heterocycles. The number of carbonyl (C=O) groups excluding carboxylic acids is 4. The Morgan fingerprint density at radius 2 is 1.27 bits per heavy atom. The third-order valence-electron chi connectivity index (χ3n) is 14.7. The zero-order valence-electron chi connectivity index (χ0n) is 47.9. The topological polar surface area (TPSA) is 275 Å². The van der Waals surface area contributed by atoms with Gasteiger partial charge in [0.1, 0.15) is 41.8 Å². The molecule has 19 nitrogen and oxygen atoms in total. The van der Waals surface area contributed by atoms with Crippen LogP contribution in [0.1, 0.15) is 105 Å². The Kier molecular flexibility index (Phi) is 23.6. The number of carboxylic acid groups (broad SMARTS) is 2. The van der Waals surface area contributed by atoms with E-state index in [2.05, 4.69) is 25.4 Å². The van der Waals surface area contributed by atoms with Gasteiger partial charge in [-0.2, -0.15) is 0 Å². The summed E-state index contributed by atoms with van der Waals surface area (Å²) in [4.78, 5) is 88.1. The number of pyridine rings is 1. The molecule has 0 bridgehead atoms. The lowest BCUT2D eigenvalue weighted by Crippen LogP contribution is -2.62. The molecular weight excluding hydrogens is 1060 g/mol. The summed E-state index contributed by atoms with van der Waals surface area (Å²) in [6.45, 7) is 8.77. The minimum absolute atomic E-state index is 0.0779. The van der Waals surface area contributed by atoms with Gasteiger partial charge in [0.2, 0.25) is 11.8 Å². The predicted molar refractivity (Wildman–Crippen MR) is 312 cm³/mol. The Balaban J connectivity index is 1.04. The van der Waals surface area contributed by atoms with Gasteiger partial charge in [-0.1, -0.05) is 84.9 Å². The van der Waals surface area contributed by atoms with Crippen molar-refractivity contribution >= 4 is 35.7 Å². The number of aliphatic carboxylic acids is 2. The lowest BCUT2D eigenvalue weighted by atomic mass is 9.91. The molecule has 8 N–H and O–H groups in total. The fraction of sp³-hybridized carbons (Fsp3) is 0.453. The van der Waals surface area contributed by atoms with Crippen molar-refractivity contribution in [2.75, 3.05) is 39.4 Å². The van der Waals surface area contributed by atoms with Crippen molar-refractivity contribution in [1.29, 1.82) is 0 Å². The summed E-state index contributed by atoms with van der Waals surface area (Å²) in [5, 5.41) is 24.8. The number of benzene rings is 4. The number of carboxylic acids is 2. The highest BCUT2D eigenvalue weighted by Crippen LogP contribution is 2.35. The van der Waals surface area contributed by atoms with E-state index in [0.717, 1.165) is 33.4 Å². The number of unbranched alkanes of at least 4 members (excludes halogenated alkanes) is 2. The molecule has 5 aromatic rings. The highest BCUT2D eigenvalue weighted by atomic mass is 16.5. The molecule has 444 valence electrons. The van der Waals surface area contributed by atoms with Crippen LogP contribution in [-0.4, -0.2) is 136 Å². The molecule has 19 heteroatoms. The van der Waals surface area contributed by atoms with E-state index in [1.54, 1.807) is 54.7 Å². The molecule has 7 atom stereocenters. The molecule has 1 saturated heterocycles. The number of carbonyl (C=O) groups is 6. The number of amides is 2. The van der Waals surface area contributed by atoms with E-state index in [9.17, 15) is 29.1 Å². The number of nitrogens with one attached hydrogen (secondary N) is 2.